The van der Waals surface area contributed by atoms with Gasteiger partial charge in [0.1, 0.15) is 0 Å². The molecule has 0 radical (unpaired) electrons. The molecule has 2 aliphatic rings. The van der Waals surface area contributed by atoms with Crippen LogP contribution >= 0.6 is 12.2 Å². The van der Waals surface area contributed by atoms with Gasteiger partial charge in [0.15, 0.2) is 5.11 Å². The summed E-state index contributed by atoms with van der Waals surface area (Å²) in [5.74, 6) is 2.85. The van der Waals surface area contributed by atoms with E-state index in [2.05, 4.69) is 10.6 Å². The molecule has 2 aliphatic carbocycles. The molecule has 3 atom stereocenters. The van der Waals surface area contributed by atoms with Crippen molar-refractivity contribution in [3.63, 3.8) is 0 Å². The smallest absolute Gasteiger partial charge is 0.166 e. The summed E-state index contributed by atoms with van der Waals surface area (Å²) in [6.07, 6.45) is 5.80. The van der Waals surface area contributed by atoms with E-state index >= 15 is 0 Å². The molecule has 2 rings (SSSR count). The summed E-state index contributed by atoms with van der Waals surface area (Å²) in [4.78, 5) is 0. The zero-order valence-corrected chi connectivity index (χ0v) is 10.8. The van der Waals surface area contributed by atoms with Crippen molar-refractivity contribution in [3.8, 4) is 0 Å². The molecule has 3 unspecified atom stereocenters. The first-order valence-electron chi connectivity index (χ1n) is 6.30. The highest BCUT2D eigenvalue weighted by molar-refractivity contribution is 7.80. The second-order valence-electron chi connectivity index (χ2n) is 5.06. The Morgan fingerprint density at radius 2 is 2.19 bits per heavy atom. The molecule has 0 heterocycles. The Balaban J connectivity index is 1.59. The summed E-state index contributed by atoms with van der Waals surface area (Å²) in [7, 11) is 1.70. The maximum atomic E-state index is 5.21. The van der Waals surface area contributed by atoms with Crippen LogP contribution in [0.2, 0.25) is 0 Å². The summed E-state index contributed by atoms with van der Waals surface area (Å²) in [5.41, 5.74) is 0. The first kappa shape index (κ1) is 12.1. The van der Waals surface area contributed by atoms with Crippen molar-refractivity contribution in [1.82, 2.24) is 10.6 Å². The average molecular weight is 242 g/mol. The van der Waals surface area contributed by atoms with E-state index in [4.69, 9.17) is 17.0 Å². The van der Waals surface area contributed by atoms with E-state index in [1.807, 2.05) is 0 Å². The van der Waals surface area contributed by atoms with Gasteiger partial charge in [-0.25, -0.2) is 0 Å². The summed E-state index contributed by atoms with van der Waals surface area (Å²) in [5, 5.41) is 7.26. The van der Waals surface area contributed by atoms with Crippen molar-refractivity contribution in [2.24, 2.45) is 17.8 Å². The van der Waals surface area contributed by atoms with Crippen molar-refractivity contribution < 1.29 is 4.74 Å². The van der Waals surface area contributed by atoms with Gasteiger partial charge >= 0.3 is 0 Å². The zero-order chi connectivity index (χ0) is 11.4. The zero-order valence-electron chi connectivity index (χ0n) is 10.00. The second-order valence-corrected chi connectivity index (χ2v) is 5.47. The lowest BCUT2D eigenvalue weighted by molar-refractivity contribution is 0.204. The van der Waals surface area contributed by atoms with Gasteiger partial charge in [-0.15, -0.1) is 0 Å². The van der Waals surface area contributed by atoms with E-state index in [1.165, 1.54) is 25.7 Å². The molecule has 0 aliphatic heterocycles. The van der Waals surface area contributed by atoms with Crippen LogP contribution < -0.4 is 10.6 Å². The largest absolute Gasteiger partial charge is 0.383 e. The number of thiocarbonyl (C=S) groups is 1. The van der Waals surface area contributed by atoms with Gasteiger partial charge in [0, 0.05) is 20.2 Å². The van der Waals surface area contributed by atoms with Gasteiger partial charge in [-0.2, -0.15) is 0 Å². The molecule has 92 valence electrons. The van der Waals surface area contributed by atoms with E-state index in [-0.39, 0.29) is 0 Å². The van der Waals surface area contributed by atoms with Crippen molar-refractivity contribution in [3.05, 3.63) is 0 Å². The van der Waals surface area contributed by atoms with Gasteiger partial charge < -0.3 is 15.4 Å². The van der Waals surface area contributed by atoms with Gasteiger partial charge in [0.2, 0.25) is 0 Å². The van der Waals surface area contributed by atoms with Gasteiger partial charge in [0.25, 0.3) is 0 Å². The number of hydrogen-bond donors (Lipinski definition) is 2. The van der Waals surface area contributed by atoms with E-state index in [1.54, 1.807) is 7.11 Å². The van der Waals surface area contributed by atoms with Crippen LogP contribution in [0.4, 0.5) is 0 Å². The maximum absolute atomic E-state index is 5.21. The van der Waals surface area contributed by atoms with Gasteiger partial charge in [0.05, 0.1) is 6.61 Å². The predicted molar refractivity (Wildman–Crippen MR) is 69.4 cm³/mol. The monoisotopic (exact) mass is 242 g/mol. The third kappa shape index (κ3) is 3.08. The molecule has 0 aromatic carbocycles. The fourth-order valence-corrected chi connectivity index (χ4v) is 3.36. The second kappa shape index (κ2) is 5.82. The molecule has 0 saturated heterocycles. The minimum absolute atomic E-state index is 0.704. The topological polar surface area (TPSA) is 33.3 Å². The third-order valence-electron chi connectivity index (χ3n) is 4.00. The summed E-state index contributed by atoms with van der Waals surface area (Å²) in [6, 6.07) is 0. The molecule has 16 heavy (non-hydrogen) atoms. The molecule has 0 spiro atoms. The third-order valence-corrected chi connectivity index (χ3v) is 4.29. The Hall–Kier alpha value is -0.350. The minimum Gasteiger partial charge on any atom is -0.383 e. The van der Waals surface area contributed by atoms with E-state index < -0.39 is 0 Å². The molecule has 2 N–H and O–H groups in total. The summed E-state index contributed by atoms with van der Waals surface area (Å²) < 4.78 is 4.96. The van der Waals surface area contributed by atoms with E-state index in [0.717, 1.165) is 36.0 Å². The van der Waals surface area contributed by atoms with Crippen molar-refractivity contribution >= 4 is 17.3 Å². The van der Waals surface area contributed by atoms with Gasteiger partial charge in [-0.3, -0.25) is 0 Å². The maximum Gasteiger partial charge on any atom is 0.166 e. The molecule has 2 bridgehead atoms. The Morgan fingerprint density at radius 3 is 2.81 bits per heavy atom. The fourth-order valence-electron chi connectivity index (χ4n) is 3.18. The van der Waals surface area contributed by atoms with Crippen LogP contribution in [0.15, 0.2) is 0 Å². The van der Waals surface area contributed by atoms with Crippen LogP contribution in [0.5, 0.6) is 0 Å². The Labute approximate surface area is 103 Å². The highest BCUT2D eigenvalue weighted by Gasteiger charge is 2.39. The van der Waals surface area contributed by atoms with Crippen LogP contribution in [0, 0.1) is 17.8 Å². The number of hydrogen-bond acceptors (Lipinski definition) is 2. The molecule has 4 heteroatoms. The van der Waals surface area contributed by atoms with E-state index in [0.29, 0.717) is 6.61 Å². The Morgan fingerprint density at radius 1 is 1.31 bits per heavy atom. The predicted octanol–water partition coefficient (Wildman–Crippen LogP) is 1.53. The van der Waals surface area contributed by atoms with E-state index in [9.17, 15) is 0 Å². The molecule has 0 amide bonds. The molecule has 2 fully saturated rings. The van der Waals surface area contributed by atoms with Gasteiger partial charge in [-0.1, -0.05) is 6.42 Å². The van der Waals surface area contributed by atoms with Crippen molar-refractivity contribution in [2.75, 3.05) is 26.8 Å². The Kier molecular flexibility index (Phi) is 4.41. The first-order chi connectivity index (χ1) is 7.79. The first-order valence-corrected chi connectivity index (χ1v) is 6.71. The van der Waals surface area contributed by atoms with Gasteiger partial charge in [-0.05, 0) is 49.2 Å². The number of fused-ring (bicyclic) bond motifs is 2. The number of ether oxygens (including phenoxy) is 1. The molecular weight excluding hydrogens is 220 g/mol. The number of methoxy groups -OCH3 is 1. The number of rotatable bonds is 5. The van der Waals surface area contributed by atoms with Crippen LogP contribution in [0.1, 0.15) is 25.7 Å². The molecular formula is C12H22N2OS. The van der Waals surface area contributed by atoms with Crippen molar-refractivity contribution in [1.29, 1.82) is 0 Å². The highest BCUT2D eigenvalue weighted by atomic mass is 32.1. The SMILES string of the molecule is COCCNC(=S)NCC1CC2CCC1C2. The van der Waals surface area contributed by atoms with Crippen LogP contribution in [0.25, 0.3) is 0 Å². The minimum atomic E-state index is 0.704. The lowest BCUT2D eigenvalue weighted by Crippen LogP contribution is -2.40. The Bertz CT molecular complexity index is 247. The lowest BCUT2D eigenvalue weighted by Gasteiger charge is -2.22. The number of nitrogens with one attached hydrogen (secondary N) is 2. The quantitative estimate of drug-likeness (QED) is 0.566. The molecule has 0 aromatic heterocycles. The molecule has 2 saturated carbocycles. The molecule has 3 nitrogen and oxygen atoms in total. The standard InChI is InChI=1S/C12H22N2OS/c1-15-5-4-13-12(16)14-8-11-7-9-2-3-10(11)6-9/h9-11H,2-8H2,1H3,(H2,13,14,16). The fraction of sp³-hybridized carbons (Fsp3) is 0.917. The highest BCUT2D eigenvalue weighted by Crippen LogP contribution is 2.47. The van der Waals surface area contributed by atoms with Crippen molar-refractivity contribution in [2.45, 2.75) is 25.7 Å². The average Bonchev–Trinajstić information content (AvgIpc) is 2.88. The van der Waals surface area contributed by atoms with Crippen LogP contribution in [-0.2, 0) is 4.74 Å². The summed E-state index contributed by atoms with van der Waals surface area (Å²) >= 11 is 5.21. The molecule has 0 aromatic rings. The van der Waals surface area contributed by atoms with Crippen LogP contribution in [0.3, 0.4) is 0 Å². The summed E-state index contributed by atoms with van der Waals surface area (Å²) in [6.45, 7) is 2.55. The normalized spacial score (nSPS) is 31.7. The van der Waals surface area contributed by atoms with Crippen LogP contribution in [-0.4, -0.2) is 31.9 Å². The lowest BCUT2D eigenvalue weighted by atomic mass is 9.89.